The molecule has 0 aliphatic heterocycles. The molecule has 29 heavy (non-hydrogen) atoms. The maximum atomic E-state index is 10.2. The van der Waals surface area contributed by atoms with Crippen LogP contribution in [0.3, 0.4) is 0 Å². The van der Waals surface area contributed by atoms with Gasteiger partial charge in [0.2, 0.25) is 0 Å². The van der Waals surface area contributed by atoms with E-state index in [1.54, 1.807) is 0 Å². The Hall–Kier alpha value is -0.632. The predicted molar refractivity (Wildman–Crippen MR) is 120 cm³/mol. The first-order chi connectivity index (χ1) is 13.3. The fourth-order valence-electron chi connectivity index (χ4n) is 2.14. The normalized spacial score (nSPS) is 9.31. The molecule has 0 spiro atoms. The Morgan fingerprint density at radius 3 is 1.14 bits per heavy atom. The van der Waals surface area contributed by atoms with Crippen molar-refractivity contribution < 1.29 is 40.1 Å². The largest absolute Gasteiger partial charge is 0.488 e. The van der Waals surface area contributed by atoms with Crippen molar-refractivity contribution in [3.63, 3.8) is 0 Å². The number of rotatable bonds is 14. The second kappa shape index (κ2) is 32.0. The molecule has 0 saturated heterocycles. The van der Waals surface area contributed by atoms with Crippen LogP contribution < -0.4 is 0 Å². The van der Waals surface area contributed by atoms with Gasteiger partial charge in [0.05, 0.1) is 13.2 Å². The van der Waals surface area contributed by atoms with Crippen molar-refractivity contribution in [2.75, 3.05) is 13.2 Å². The van der Waals surface area contributed by atoms with E-state index >= 15 is 0 Å². The van der Waals surface area contributed by atoms with Gasteiger partial charge in [0.1, 0.15) is 0 Å². The van der Waals surface area contributed by atoms with Crippen LogP contribution in [0.25, 0.3) is 0 Å². The number of hydrogen-bond donors (Lipinski definition) is 0. The SMILES string of the molecule is [CH2-]C(=O)OCCCCCCCC.[CH2-]C(=O)OCCCCCCCC.[CH2-]C(C)C.[W]. The first-order valence-corrected chi connectivity index (χ1v) is 11.1. The van der Waals surface area contributed by atoms with Gasteiger partial charge in [0.15, 0.2) is 11.9 Å². The van der Waals surface area contributed by atoms with Gasteiger partial charge in [-0.25, -0.2) is 0 Å². The summed E-state index contributed by atoms with van der Waals surface area (Å²) < 4.78 is 9.40. The molecule has 0 amide bonds. The Bertz CT molecular complexity index is 289. The zero-order chi connectivity index (χ0) is 22.0. The number of unbranched alkanes of at least 4 members (excludes halogenated alkanes) is 10. The van der Waals surface area contributed by atoms with E-state index in [4.69, 9.17) is 9.47 Å². The molecule has 176 valence electrons. The molecule has 0 unspecified atom stereocenters. The Balaban J connectivity index is -0.000000177. The van der Waals surface area contributed by atoms with E-state index in [1.807, 2.05) is 0 Å². The molecule has 0 saturated carbocycles. The Morgan fingerprint density at radius 2 is 0.897 bits per heavy atom. The Morgan fingerprint density at radius 1 is 0.655 bits per heavy atom. The van der Waals surface area contributed by atoms with Gasteiger partial charge < -0.3 is 16.4 Å². The maximum Gasteiger partial charge on any atom is 0.164 e. The third kappa shape index (κ3) is 58.4. The molecule has 0 rings (SSSR count). The van der Waals surface area contributed by atoms with Crippen LogP contribution in [-0.4, -0.2) is 25.2 Å². The third-order valence-corrected chi connectivity index (χ3v) is 3.52. The summed E-state index contributed by atoms with van der Waals surface area (Å²) in [6.07, 6.45) is 14.6. The summed E-state index contributed by atoms with van der Waals surface area (Å²) in [7, 11) is 0. The van der Waals surface area contributed by atoms with E-state index in [1.165, 1.54) is 51.4 Å². The molecule has 0 aromatic heterocycles. The summed E-state index contributed by atoms with van der Waals surface area (Å²) in [5, 5.41) is 0. The van der Waals surface area contributed by atoms with E-state index in [9.17, 15) is 9.59 Å². The number of carbonyl (C=O) groups excluding carboxylic acids is 2. The molecule has 0 aromatic rings. The van der Waals surface area contributed by atoms with Gasteiger partial charge in [0, 0.05) is 21.1 Å². The Kier molecular flexibility index (Phi) is 39.5. The van der Waals surface area contributed by atoms with Crippen LogP contribution in [0.5, 0.6) is 0 Å². The molecular weight excluding hydrogens is 536 g/mol. The van der Waals surface area contributed by atoms with E-state index < -0.39 is 11.9 Å². The molecule has 4 nitrogen and oxygen atoms in total. The van der Waals surface area contributed by atoms with Crippen molar-refractivity contribution in [2.24, 2.45) is 5.92 Å². The van der Waals surface area contributed by atoms with Gasteiger partial charge >= 0.3 is 0 Å². The van der Waals surface area contributed by atoms with Crippen LogP contribution in [-0.2, 0) is 40.1 Å². The van der Waals surface area contributed by atoms with Crippen molar-refractivity contribution in [3.8, 4) is 0 Å². The predicted octanol–water partition coefficient (Wildman–Crippen LogP) is 6.92. The van der Waals surface area contributed by atoms with Crippen LogP contribution in [0.1, 0.15) is 105 Å². The van der Waals surface area contributed by atoms with Gasteiger partial charge in [-0.2, -0.15) is 5.92 Å². The molecule has 5 heteroatoms. The molecule has 0 heterocycles. The summed E-state index contributed by atoms with van der Waals surface area (Å²) in [5.41, 5.74) is 0. The number of carbonyl (C=O) groups is 2. The third-order valence-electron chi connectivity index (χ3n) is 3.52. The van der Waals surface area contributed by atoms with Crippen molar-refractivity contribution in [2.45, 2.75) is 105 Å². The van der Waals surface area contributed by atoms with Crippen molar-refractivity contribution in [3.05, 3.63) is 20.8 Å². The van der Waals surface area contributed by atoms with E-state index in [0.717, 1.165) is 25.7 Å². The fraction of sp³-hybridized carbons (Fsp3) is 0.792. The summed E-state index contributed by atoms with van der Waals surface area (Å²) in [6, 6.07) is 0. The van der Waals surface area contributed by atoms with Gasteiger partial charge in [-0.15, -0.1) is 0 Å². The van der Waals surface area contributed by atoms with Crippen LogP contribution in [0.15, 0.2) is 0 Å². The molecule has 0 aliphatic rings. The van der Waals surface area contributed by atoms with Gasteiger partial charge in [-0.05, 0) is 12.8 Å². The number of ether oxygens (including phenoxy) is 2. The average Bonchev–Trinajstić information content (AvgIpc) is 2.60. The monoisotopic (exact) mass is 583 g/mol. The number of hydrogen-bond acceptors (Lipinski definition) is 4. The Labute approximate surface area is 196 Å². The second-order valence-corrected chi connectivity index (χ2v) is 7.37. The molecular formula is C24H47O4W-3. The summed E-state index contributed by atoms with van der Waals surface area (Å²) >= 11 is 0. The van der Waals surface area contributed by atoms with Crippen LogP contribution in [0.2, 0.25) is 0 Å². The molecule has 0 aromatic carbocycles. The topological polar surface area (TPSA) is 52.6 Å². The molecule has 0 bridgehead atoms. The zero-order valence-electron chi connectivity index (χ0n) is 19.6. The first kappa shape index (κ1) is 35.8. The zero-order valence-corrected chi connectivity index (χ0v) is 22.6. The van der Waals surface area contributed by atoms with Crippen molar-refractivity contribution in [1.82, 2.24) is 0 Å². The quantitative estimate of drug-likeness (QED) is 0.127. The van der Waals surface area contributed by atoms with Crippen LogP contribution in [0, 0.1) is 26.7 Å². The minimum absolute atomic E-state index is 0. The van der Waals surface area contributed by atoms with Crippen LogP contribution in [0.4, 0.5) is 0 Å². The standard InChI is InChI=1S/2C10H19O2.C4H9.W/c2*1-3-4-5-6-7-8-9-12-10(2)11;1-4(2)3;/h2*2-9H2,1H3;4H,1H2,2-3H3;/q3*-1;. The van der Waals surface area contributed by atoms with Gasteiger partial charge in [-0.1, -0.05) is 91.9 Å². The number of esters is 2. The first-order valence-electron chi connectivity index (χ1n) is 11.1. The van der Waals surface area contributed by atoms with Gasteiger partial charge in [-0.3, -0.25) is 23.4 Å². The average molecular weight is 583 g/mol. The maximum absolute atomic E-state index is 10.2. The summed E-state index contributed by atoms with van der Waals surface area (Å²) in [6.45, 7) is 19.5. The molecule has 0 aliphatic carbocycles. The fourth-order valence-corrected chi connectivity index (χ4v) is 2.14. The van der Waals surface area contributed by atoms with Crippen molar-refractivity contribution >= 4 is 11.9 Å². The second-order valence-electron chi connectivity index (χ2n) is 7.37. The molecule has 0 fully saturated rings. The minimum Gasteiger partial charge on any atom is -0.488 e. The molecule has 0 atom stereocenters. The van der Waals surface area contributed by atoms with E-state index in [-0.39, 0.29) is 21.1 Å². The van der Waals surface area contributed by atoms with Crippen molar-refractivity contribution in [1.29, 1.82) is 0 Å². The van der Waals surface area contributed by atoms with E-state index in [2.05, 4.69) is 48.5 Å². The van der Waals surface area contributed by atoms with Crippen LogP contribution >= 0.6 is 0 Å². The minimum atomic E-state index is -0.413. The summed E-state index contributed by atoms with van der Waals surface area (Å²) in [4.78, 5) is 20.5. The smallest absolute Gasteiger partial charge is 0.164 e. The van der Waals surface area contributed by atoms with Gasteiger partial charge in [0.25, 0.3) is 0 Å². The summed E-state index contributed by atoms with van der Waals surface area (Å²) in [5.74, 6) is -0.243. The molecule has 0 radical (unpaired) electrons. The molecule has 0 N–H and O–H groups in total. The van der Waals surface area contributed by atoms with E-state index in [0.29, 0.717) is 19.1 Å².